The number of nitrogens with zero attached hydrogens (tertiary/aromatic N) is 3. The van der Waals surface area contributed by atoms with Crippen LogP contribution in [0, 0.1) is 19.8 Å². The van der Waals surface area contributed by atoms with Gasteiger partial charge in [0.05, 0.1) is 17.9 Å². The molecule has 1 aromatic heterocycles. The second kappa shape index (κ2) is 7.21. The van der Waals surface area contributed by atoms with Crippen LogP contribution in [0.25, 0.3) is 0 Å². The number of piperidine rings is 1. The first-order valence-corrected chi connectivity index (χ1v) is 10.8. The van der Waals surface area contributed by atoms with Gasteiger partial charge >= 0.3 is 0 Å². The van der Waals surface area contributed by atoms with E-state index in [1.165, 1.54) is 0 Å². The molecule has 0 radical (unpaired) electrons. The van der Waals surface area contributed by atoms with Crippen LogP contribution in [-0.4, -0.2) is 35.6 Å². The molecule has 1 saturated heterocycles. The van der Waals surface area contributed by atoms with Gasteiger partial charge in [-0.25, -0.2) is 8.42 Å². The number of aromatic nitrogens is 2. The number of rotatable bonds is 4. The molecule has 0 saturated carbocycles. The molecule has 2 aromatic rings. The second-order valence-corrected chi connectivity index (χ2v) is 9.66. The van der Waals surface area contributed by atoms with Crippen LogP contribution in [0.3, 0.4) is 0 Å². The van der Waals surface area contributed by atoms with Crippen LogP contribution in [-0.2, 0) is 16.6 Å². The largest absolute Gasteiger partial charge is 0.264 e. The number of halogens is 1. The lowest BCUT2D eigenvalue weighted by molar-refractivity contribution is 0.288. The molecule has 1 aliphatic rings. The summed E-state index contributed by atoms with van der Waals surface area (Å²) in [6.07, 6.45) is 1.84. The lowest BCUT2D eigenvalue weighted by atomic mass is 10.0. The fourth-order valence-electron chi connectivity index (χ4n) is 3.32. The van der Waals surface area contributed by atoms with E-state index in [0.29, 0.717) is 41.8 Å². The highest BCUT2D eigenvalue weighted by Gasteiger charge is 2.32. The zero-order valence-electron chi connectivity index (χ0n) is 14.9. The first-order valence-electron chi connectivity index (χ1n) is 8.57. The van der Waals surface area contributed by atoms with Crippen molar-refractivity contribution >= 4 is 26.0 Å². The van der Waals surface area contributed by atoms with Crippen molar-refractivity contribution in [2.75, 3.05) is 13.1 Å². The van der Waals surface area contributed by atoms with Crippen molar-refractivity contribution in [1.82, 2.24) is 14.1 Å². The van der Waals surface area contributed by atoms with Gasteiger partial charge in [0.1, 0.15) is 4.90 Å². The van der Waals surface area contributed by atoms with E-state index in [1.54, 1.807) is 15.9 Å². The monoisotopic (exact) mass is 425 g/mol. The van der Waals surface area contributed by atoms with Crippen LogP contribution in [0.5, 0.6) is 0 Å². The highest BCUT2D eigenvalue weighted by atomic mass is 79.9. The molecule has 3 rings (SSSR count). The first-order chi connectivity index (χ1) is 11.8. The standard InChI is InChI=1S/C18H24BrN3O2S/c1-13-8-10-21(11-9-13)25(23,24)18-14(2)20-22(15(18)3)12-16-4-6-17(19)7-5-16/h4-7,13H,8-12H2,1-3H3. The second-order valence-electron chi connectivity index (χ2n) is 6.87. The first kappa shape index (κ1) is 18.6. The molecule has 2 heterocycles. The van der Waals surface area contributed by atoms with E-state index in [0.717, 1.165) is 22.9 Å². The zero-order valence-corrected chi connectivity index (χ0v) is 17.3. The van der Waals surface area contributed by atoms with E-state index in [-0.39, 0.29) is 0 Å². The Morgan fingerprint density at radius 2 is 1.76 bits per heavy atom. The molecule has 0 bridgehead atoms. The van der Waals surface area contributed by atoms with Crippen LogP contribution in [0.15, 0.2) is 33.6 Å². The van der Waals surface area contributed by atoms with Gasteiger partial charge in [0.15, 0.2) is 0 Å². The third-order valence-corrected chi connectivity index (χ3v) is 7.58. The van der Waals surface area contributed by atoms with Crippen molar-refractivity contribution in [2.45, 2.75) is 45.1 Å². The summed E-state index contributed by atoms with van der Waals surface area (Å²) in [5, 5.41) is 4.50. The molecule has 1 aromatic carbocycles. The Morgan fingerprint density at radius 1 is 1.16 bits per heavy atom. The average Bonchev–Trinajstić information content (AvgIpc) is 2.84. The molecule has 0 aliphatic carbocycles. The molecular weight excluding hydrogens is 402 g/mol. The summed E-state index contributed by atoms with van der Waals surface area (Å²) in [7, 11) is -3.48. The Bertz CT molecular complexity index is 851. The van der Waals surface area contributed by atoms with Crippen LogP contribution < -0.4 is 0 Å². The highest BCUT2D eigenvalue weighted by molar-refractivity contribution is 9.10. The number of hydrogen-bond donors (Lipinski definition) is 0. The molecule has 7 heteroatoms. The topological polar surface area (TPSA) is 55.2 Å². The van der Waals surface area contributed by atoms with Crippen LogP contribution in [0.4, 0.5) is 0 Å². The Hall–Kier alpha value is -1.18. The molecule has 0 atom stereocenters. The lowest BCUT2D eigenvalue weighted by Gasteiger charge is -2.29. The Balaban J connectivity index is 1.90. The van der Waals surface area contributed by atoms with Crippen molar-refractivity contribution < 1.29 is 8.42 Å². The number of aryl methyl sites for hydroxylation is 1. The predicted molar refractivity (Wildman–Crippen MR) is 102 cm³/mol. The van der Waals surface area contributed by atoms with E-state index in [2.05, 4.69) is 28.0 Å². The quantitative estimate of drug-likeness (QED) is 0.749. The van der Waals surface area contributed by atoms with E-state index >= 15 is 0 Å². The molecule has 0 amide bonds. The summed E-state index contributed by atoms with van der Waals surface area (Å²) >= 11 is 3.43. The normalized spacial score (nSPS) is 17.1. The van der Waals surface area contributed by atoms with E-state index in [1.807, 2.05) is 31.2 Å². The maximum atomic E-state index is 13.1. The van der Waals surface area contributed by atoms with Gasteiger partial charge in [-0.2, -0.15) is 9.40 Å². The summed E-state index contributed by atoms with van der Waals surface area (Å²) in [5.74, 6) is 0.591. The molecule has 25 heavy (non-hydrogen) atoms. The lowest BCUT2D eigenvalue weighted by Crippen LogP contribution is -2.38. The summed E-state index contributed by atoms with van der Waals surface area (Å²) < 4.78 is 30.7. The van der Waals surface area contributed by atoms with Gasteiger partial charge in [0.2, 0.25) is 10.0 Å². The minimum Gasteiger partial charge on any atom is -0.264 e. The summed E-state index contributed by atoms with van der Waals surface area (Å²) in [4.78, 5) is 0.374. The van der Waals surface area contributed by atoms with Crippen molar-refractivity contribution in [3.05, 3.63) is 45.7 Å². The van der Waals surface area contributed by atoms with Crippen molar-refractivity contribution in [1.29, 1.82) is 0 Å². The summed E-state index contributed by atoms with van der Waals surface area (Å²) in [6, 6.07) is 7.99. The third kappa shape index (κ3) is 3.83. The molecule has 1 aliphatic heterocycles. The van der Waals surface area contributed by atoms with Crippen LogP contribution in [0.2, 0.25) is 0 Å². The zero-order chi connectivity index (χ0) is 18.2. The van der Waals surface area contributed by atoms with E-state index in [9.17, 15) is 8.42 Å². The number of sulfonamides is 1. The maximum Gasteiger partial charge on any atom is 0.246 e. The fourth-order valence-corrected chi connectivity index (χ4v) is 5.43. The molecule has 0 unspecified atom stereocenters. The van der Waals surface area contributed by atoms with Gasteiger partial charge in [-0.1, -0.05) is 35.0 Å². The highest BCUT2D eigenvalue weighted by Crippen LogP contribution is 2.28. The van der Waals surface area contributed by atoms with Crippen LogP contribution in [0.1, 0.15) is 36.7 Å². The Kier molecular flexibility index (Phi) is 5.37. The summed E-state index contributed by atoms with van der Waals surface area (Å²) in [5.41, 5.74) is 2.37. The van der Waals surface area contributed by atoms with Gasteiger partial charge in [-0.3, -0.25) is 4.68 Å². The average molecular weight is 426 g/mol. The maximum absolute atomic E-state index is 13.1. The minimum absolute atomic E-state index is 0.374. The van der Waals surface area contributed by atoms with Crippen molar-refractivity contribution in [3.8, 4) is 0 Å². The molecule has 0 N–H and O–H groups in total. The molecule has 136 valence electrons. The smallest absolute Gasteiger partial charge is 0.246 e. The van der Waals surface area contributed by atoms with Gasteiger partial charge in [0, 0.05) is 17.6 Å². The van der Waals surface area contributed by atoms with Gasteiger partial charge in [0.25, 0.3) is 0 Å². The molecular formula is C18H24BrN3O2S. The molecule has 5 nitrogen and oxygen atoms in total. The van der Waals surface area contributed by atoms with Crippen molar-refractivity contribution in [2.24, 2.45) is 5.92 Å². The molecule has 1 fully saturated rings. The Labute approximate surface area is 158 Å². The SMILES string of the molecule is Cc1nn(Cc2ccc(Br)cc2)c(C)c1S(=O)(=O)N1CCC(C)CC1. The van der Waals surface area contributed by atoms with Gasteiger partial charge in [-0.05, 0) is 50.3 Å². The number of benzene rings is 1. The fraction of sp³-hybridized carbons (Fsp3) is 0.500. The van der Waals surface area contributed by atoms with Crippen LogP contribution >= 0.6 is 15.9 Å². The van der Waals surface area contributed by atoms with Gasteiger partial charge in [-0.15, -0.1) is 0 Å². The van der Waals surface area contributed by atoms with E-state index in [4.69, 9.17) is 0 Å². The minimum atomic E-state index is -3.48. The Morgan fingerprint density at radius 3 is 2.36 bits per heavy atom. The number of hydrogen-bond acceptors (Lipinski definition) is 3. The van der Waals surface area contributed by atoms with Gasteiger partial charge < -0.3 is 0 Å². The summed E-state index contributed by atoms with van der Waals surface area (Å²) in [6.45, 7) is 7.56. The van der Waals surface area contributed by atoms with Crippen molar-refractivity contribution in [3.63, 3.8) is 0 Å². The third-order valence-electron chi connectivity index (χ3n) is 4.90. The van der Waals surface area contributed by atoms with E-state index < -0.39 is 10.0 Å². The molecule has 0 spiro atoms. The predicted octanol–water partition coefficient (Wildman–Crippen LogP) is 3.73.